The van der Waals surface area contributed by atoms with Crippen LogP contribution in [-0.2, 0) is 11.3 Å². The van der Waals surface area contributed by atoms with E-state index < -0.39 is 0 Å². The minimum absolute atomic E-state index is 0.0196. The number of aryl methyl sites for hydroxylation is 2. The largest absolute Gasteiger partial charge is 0.322 e. The lowest BCUT2D eigenvalue weighted by Gasteiger charge is -2.34. The van der Waals surface area contributed by atoms with Crippen molar-refractivity contribution in [2.45, 2.75) is 27.3 Å². The van der Waals surface area contributed by atoms with Crippen LogP contribution in [0.1, 0.15) is 22.5 Å². The lowest BCUT2D eigenvalue weighted by atomic mass is 10.1. The molecule has 0 saturated carbocycles. The lowest BCUT2D eigenvalue weighted by molar-refractivity contribution is -0.117. The smallest absolute Gasteiger partial charge is 0.238 e. The Kier molecular flexibility index (Phi) is 6.49. The molecule has 1 N–H and O–H groups in total. The third kappa shape index (κ3) is 5.03. The summed E-state index contributed by atoms with van der Waals surface area (Å²) in [6, 6.07) is 18.6. The molecular weight excluding hydrogens is 386 g/mol. The number of rotatable bonds is 6. The third-order valence-electron chi connectivity index (χ3n) is 6.04. The fraction of sp³-hybridized carbons (Fsp3) is 0.360. The van der Waals surface area contributed by atoms with Crippen molar-refractivity contribution in [3.8, 4) is 5.69 Å². The first-order valence-corrected chi connectivity index (χ1v) is 10.9. The summed E-state index contributed by atoms with van der Waals surface area (Å²) >= 11 is 0. The first-order chi connectivity index (χ1) is 15.0. The second-order valence-corrected chi connectivity index (χ2v) is 8.32. The molecule has 2 heterocycles. The summed E-state index contributed by atoms with van der Waals surface area (Å²) in [4.78, 5) is 17.4. The third-order valence-corrected chi connectivity index (χ3v) is 6.04. The number of nitrogens with one attached hydrogen (secondary N) is 1. The van der Waals surface area contributed by atoms with Crippen molar-refractivity contribution >= 4 is 11.6 Å². The molecule has 1 fully saturated rings. The molecule has 31 heavy (non-hydrogen) atoms. The Labute approximate surface area is 184 Å². The van der Waals surface area contributed by atoms with Crippen molar-refractivity contribution in [3.05, 3.63) is 77.1 Å². The molecule has 4 rings (SSSR count). The zero-order chi connectivity index (χ0) is 21.8. The van der Waals surface area contributed by atoms with Crippen molar-refractivity contribution in [3.63, 3.8) is 0 Å². The van der Waals surface area contributed by atoms with Gasteiger partial charge in [-0.2, -0.15) is 5.10 Å². The van der Waals surface area contributed by atoms with E-state index in [0.717, 1.165) is 55.5 Å². The average Bonchev–Trinajstić information content (AvgIpc) is 3.05. The molecule has 1 aliphatic rings. The maximum absolute atomic E-state index is 12.7. The Morgan fingerprint density at radius 3 is 2.26 bits per heavy atom. The van der Waals surface area contributed by atoms with Gasteiger partial charge < -0.3 is 5.32 Å². The molecule has 0 unspecified atom stereocenters. The molecule has 0 atom stereocenters. The molecule has 0 radical (unpaired) electrons. The molecule has 162 valence electrons. The summed E-state index contributed by atoms with van der Waals surface area (Å²) in [5, 5.41) is 7.72. The number of hydrogen-bond donors (Lipinski definition) is 1. The van der Waals surface area contributed by atoms with Gasteiger partial charge in [-0.15, -0.1) is 0 Å². The highest BCUT2D eigenvalue weighted by Gasteiger charge is 2.21. The van der Waals surface area contributed by atoms with E-state index in [4.69, 9.17) is 0 Å². The highest BCUT2D eigenvalue weighted by molar-refractivity contribution is 5.93. The van der Waals surface area contributed by atoms with Crippen molar-refractivity contribution < 1.29 is 4.79 Å². The molecule has 0 spiro atoms. The number of hydrogen-bond acceptors (Lipinski definition) is 4. The van der Waals surface area contributed by atoms with Crippen LogP contribution in [-0.4, -0.2) is 58.2 Å². The molecule has 0 bridgehead atoms. The van der Waals surface area contributed by atoms with E-state index in [1.807, 2.05) is 48.9 Å². The van der Waals surface area contributed by atoms with Gasteiger partial charge in [0, 0.05) is 32.7 Å². The molecule has 6 nitrogen and oxygen atoms in total. The number of benzene rings is 2. The van der Waals surface area contributed by atoms with Gasteiger partial charge in [0.1, 0.15) is 0 Å². The van der Waals surface area contributed by atoms with Crippen LogP contribution in [0.4, 0.5) is 5.69 Å². The SMILES string of the molecule is Cc1ccccc1CN1CCN(CC(=O)Nc2c(C)nn(-c3ccccc3)c2C)CC1. The van der Waals surface area contributed by atoms with Gasteiger partial charge in [-0.1, -0.05) is 42.5 Å². The number of nitrogens with zero attached hydrogens (tertiary/aromatic N) is 4. The van der Waals surface area contributed by atoms with Crippen LogP contribution in [0.2, 0.25) is 0 Å². The van der Waals surface area contributed by atoms with Crippen molar-refractivity contribution in [2.24, 2.45) is 0 Å². The van der Waals surface area contributed by atoms with Crippen LogP contribution >= 0.6 is 0 Å². The molecule has 1 aromatic heterocycles. The number of aromatic nitrogens is 2. The number of para-hydroxylation sites is 1. The Morgan fingerprint density at radius 1 is 0.903 bits per heavy atom. The van der Waals surface area contributed by atoms with Gasteiger partial charge in [0.15, 0.2) is 0 Å². The number of carbonyl (C=O) groups excluding carboxylic acids is 1. The molecule has 2 aromatic carbocycles. The summed E-state index contributed by atoms with van der Waals surface area (Å²) in [6.07, 6.45) is 0. The van der Waals surface area contributed by atoms with Gasteiger partial charge in [-0.05, 0) is 44.0 Å². The van der Waals surface area contributed by atoms with Crippen LogP contribution in [0, 0.1) is 20.8 Å². The zero-order valence-corrected chi connectivity index (χ0v) is 18.6. The van der Waals surface area contributed by atoms with E-state index in [-0.39, 0.29) is 5.91 Å². The molecule has 1 aliphatic heterocycles. The fourth-order valence-corrected chi connectivity index (χ4v) is 4.16. The quantitative estimate of drug-likeness (QED) is 0.666. The van der Waals surface area contributed by atoms with E-state index in [2.05, 4.69) is 51.4 Å². The van der Waals surface area contributed by atoms with Gasteiger partial charge in [-0.25, -0.2) is 4.68 Å². The fourth-order valence-electron chi connectivity index (χ4n) is 4.16. The van der Waals surface area contributed by atoms with E-state index in [9.17, 15) is 4.79 Å². The van der Waals surface area contributed by atoms with Gasteiger partial charge in [0.05, 0.1) is 29.3 Å². The summed E-state index contributed by atoms with van der Waals surface area (Å²) in [7, 11) is 0. The predicted octanol–water partition coefficient (Wildman–Crippen LogP) is 3.55. The Balaban J connectivity index is 1.31. The summed E-state index contributed by atoms with van der Waals surface area (Å²) in [5.41, 5.74) is 6.31. The summed E-state index contributed by atoms with van der Waals surface area (Å²) in [5.74, 6) is 0.0196. The van der Waals surface area contributed by atoms with Crippen molar-refractivity contribution in [2.75, 3.05) is 38.0 Å². The van der Waals surface area contributed by atoms with E-state index in [0.29, 0.717) is 6.54 Å². The predicted molar refractivity (Wildman–Crippen MR) is 125 cm³/mol. The molecule has 3 aromatic rings. The average molecular weight is 418 g/mol. The van der Waals surface area contributed by atoms with Crippen molar-refractivity contribution in [1.82, 2.24) is 19.6 Å². The number of anilines is 1. The number of amides is 1. The molecule has 1 saturated heterocycles. The lowest BCUT2D eigenvalue weighted by Crippen LogP contribution is -2.48. The Bertz CT molecular complexity index is 1040. The van der Waals surface area contributed by atoms with Gasteiger partial charge in [0.25, 0.3) is 0 Å². The van der Waals surface area contributed by atoms with Gasteiger partial charge >= 0.3 is 0 Å². The van der Waals surface area contributed by atoms with Crippen LogP contribution < -0.4 is 5.32 Å². The standard InChI is InChI=1S/C25H31N5O/c1-19-9-7-8-10-22(19)17-28-13-15-29(16-14-28)18-24(31)26-25-20(2)27-30(21(25)3)23-11-5-4-6-12-23/h4-12H,13-18H2,1-3H3,(H,26,31). The minimum Gasteiger partial charge on any atom is -0.322 e. The second kappa shape index (κ2) is 9.45. The van der Waals surface area contributed by atoms with Crippen LogP contribution in [0.15, 0.2) is 54.6 Å². The summed E-state index contributed by atoms with van der Waals surface area (Å²) < 4.78 is 1.88. The highest BCUT2D eigenvalue weighted by atomic mass is 16.2. The topological polar surface area (TPSA) is 53.4 Å². The van der Waals surface area contributed by atoms with Gasteiger partial charge in [0.2, 0.25) is 5.91 Å². The second-order valence-electron chi connectivity index (χ2n) is 8.32. The first-order valence-electron chi connectivity index (χ1n) is 10.9. The Hall–Kier alpha value is -2.96. The summed E-state index contributed by atoms with van der Waals surface area (Å²) in [6.45, 7) is 11.2. The number of piperazine rings is 1. The van der Waals surface area contributed by atoms with Crippen LogP contribution in [0.3, 0.4) is 0 Å². The monoisotopic (exact) mass is 417 g/mol. The van der Waals surface area contributed by atoms with E-state index >= 15 is 0 Å². The normalized spacial score (nSPS) is 15.2. The van der Waals surface area contributed by atoms with E-state index in [1.165, 1.54) is 11.1 Å². The van der Waals surface area contributed by atoms with Crippen molar-refractivity contribution in [1.29, 1.82) is 0 Å². The first kappa shape index (κ1) is 21.3. The van der Waals surface area contributed by atoms with Crippen LogP contribution in [0.25, 0.3) is 5.69 Å². The number of carbonyl (C=O) groups is 1. The van der Waals surface area contributed by atoms with Crippen LogP contribution in [0.5, 0.6) is 0 Å². The van der Waals surface area contributed by atoms with E-state index in [1.54, 1.807) is 0 Å². The minimum atomic E-state index is 0.0196. The maximum atomic E-state index is 12.7. The molecular formula is C25H31N5O. The molecule has 0 aliphatic carbocycles. The zero-order valence-electron chi connectivity index (χ0n) is 18.6. The van der Waals surface area contributed by atoms with Gasteiger partial charge in [-0.3, -0.25) is 14.6 Å². The Morgan fingerprint density at radius 2 is 1.55 bits per heavy atom. The molecule has 6 heteroatoms. The molecule has 1 amide bonds. The maximum Gasteiger partial charge on any atom is 0.238 e. The highest BCUT2D eigenvalue weighted by Crippen LogP contribution is 2.22.